The van der Waals surface area contributed by atoms with E-state index < -0.39 is 18.1 Å². The fourth-order valence-corrected chi connectivity index (χ4v) is 1.48. The molecule has 1 atom stereocenters. The maximum Gasteiger partial charge on any atom is 0.414 e. The highest BCUT2D eigenvalue weighted by molar-refractivity contribution is 5.92. The molecule has 0 radical (unpaired) electrons. The molecule has 6 N–H and O–H groups in total. The Morgan fingerprint density at radius 2 is 1.95 bits per heavy atom. The summed E-state index contributed by atoms with van der Waals surface area (Å²) in [6.45, 7) is 0.973. The Kier molecular flexibility index (Phi) is 8.47. The first kappa shape index (κ1) is 17.3. The average molecular weight is 275 g/mol. The third-order valence-corrected chi connectivity index (χ3v) is 2.59. The van der Waals surface area contributed by atoms with Crippen LogP contribution in [0, 0.1) is 0 Å². The second-order valence-corrected chi connectivity index (χ2v) is 4.16. The molecule has 19 heavy (non-hydrogen) atoms. The summed E-state index contributed by atoms with van der Waals surface area (Å²) >= 11 is 0. The summed E-state index contributed by atoms with van der Waals surface area (Å²) in [6.07, 6.45) is 2.09. The second-order valence-electron chi connectivity index (χ2n) is 4.16. The molecule has 0 aliphatic carbocycles. The molecule has 0 aromatic heterocycles. The third kappa shape index (κ3) is 7.37. The van der Waals surface area contributed by atoms with Gasteiger partial charge in [0, 0.05) is 13.0 Å². The number of hydrogen-bond acceptors (Lipinski definition) is 5. The van der Waals surface area contributed by atoms with E-state index in [0.29, 0.717) is 32.4 Å². The van der Waals surface area contributed by atoms with Crippen LogP contribution in [-0.4, -0.2) is 52.2 Å². The molecule has 1 fully saturated rings. The molecule has 8 nitrogen and oxygen atoms in total. The van der Waals surface area contributed by atoms with Crippen LogP contribution in [0.25, 0.3) is 0 Å². The molecule has 2 amide bonds. The van der Waals surface area contributed by atoms with Crippen LogP contribution in [0.15, 0.2) is 0 Å². The van der Waals surface area contributed by atoms with Gasteiger partial charge in [0.05, 0.1) is 0 Å². The Morgan fingerprint density at radius 1 is 1.32 bits per heavy atom. The van der Waals surface area contributed by atoms with Gasteiger partial charge in [0.1, 0.15) is 6.04 Å². The largest absolute Gasteiger partial charge is 0.480 e. The molecular formula is C11H21N3O5. The predicted octanol–water partition coefficient (Wildman–Crippen LogP) is -0.186. The summed E-state index contributed by atoms with van der Waals surface area (Å²) in [7, 11) is 0. The van der Waals surface area contributed by atoms with Crippen LogP contribution in [0.5, 0.6) is 0 Å². The number of aliphatic carboxylic acids is 1. The quantitative estimate of drug-likeness (QED) is 0.508. The van der Waals surface area contributed by atoms with Crippen molar-refractivity contribution in [2.45, 2.75) is 38.1 Å². The minimum Gasteiger partial charge on any atom is -0.480 e. The van der Waals surface area contributed by atoms with Crippen LogP contribution in [0.4, 0.5) is 4.79 Å². The average Bonchev–Trinajstić information content (AvgIpc) is 2.76. The molecule has 0 spiro atoms. The van der Waals surface area contributed by atoms with E-state index in [1.54, 1.807) is 0 Å². The third-order valence-electron chi connectivity index (χ3n) is 2.59. The fraction of sp³-hybridized carbons (Fsp3) is 0.727. The lowest BCUT2D eigenvalue weighted by atomic mass is 10.1. The van der Waals surface area contributed by atoms with E-state index in [1.807, 2.05) is 0 Å². The topological polar surface area (TPSA) is 147 Å². The summed E-state index contributed by atoms with van der Waals surface area (Å²) in [5.74, 6) is -1.21. The lowest BCUT2D eigenvalue weighted by molar-refractivity contribution is -0.138. The molecule has 0 unspecified atom stereocenters. The number of unbranched alkanes of at least 4 members (excludes halogenated alkanes) is 1. The summed E-state index contributed by atoms with van der Waals surface area (Å²) in [4.78, 5) is 31.7. The van der Waals surface area contributed by atoms with Gasteiger partial charge in [-0.2, -0.15) is 0 Å². The lowest BCUT2D eigenvalue weighted by Gasteiger charge is -2.05. The molecule has 1 aliphatic rings. The predicted molar refractivity (Wildman–Crippen MR) is 67.5 cm³/mol. The molecule has 1 heterocycles. The van der Waals surface area contributed by atoms with Crippen molar-refractivity contribution in [1.82, 2.24) is 4.90 Å². The number of nitrogens with two attached hydrogens (primary N) is 2. The van der Waals surface area contributed by atoms with Crippen molar-refractivity contribution in [2.24, 2.45) is 11.5 Å². The number of carbonyl (C=O) groups is 3. The van der Waals surface area contributed by atoms with E-state index in [-0.39, 0.29) is 5.91 Å². The lowest BCUT2D eigenvalue weighted by Crippen LogP contribution is -2.29. The first-order chi connectivity index (χ1) is 8.90. The van der Waals surface area contributed by atoms with Crippen LogP contribution >= 0.6 is 0 Å². The van der Waals surface area contributed by atoms with Gasteiger partial charge in [0.2, 0.25) is 5.91 Å². The number of carboxylic acid groups (broad SMARTS) is 2. The van der Waals surface area contributed by atoms with E-state index in [2.05, 4.69) is 0 Å². The zero-order valence-electron chi connectivity index (χ0n) is 10.7. The first-order valence-corrected chi connectivity index (χ1v) is 6.12. The monoisotopic (exact) mass is 275 g/mol. The van der Waals surface area contributed by atoms with Crippen LogP contribution in [0.3, 0.4) is 0 Å². The van der Waals surface area contributed by atoms with Crippen molar-refractivity contribution in [1.29, 1.82) is 0 Å². The summed E-state index contributed by atoms with van der Waals surface area (Å²) in [6, 6.07) is -0.716. The number of likely N-dealkylation sites (tertiary alicyclic amines) is 1. The minimum atomic E-state index is -1.13. The van der Waals surface area contributed by atoms with Gasteiger partial charge >= 0.3 is 12.1 Å². The van der Waals surface area contributed by atoms with Crippen LogP contribution in [0.2, 0.25) is 0 Å². The minimum absolute atomic E-state index is 0.275. The molecule has 110 valence electrons. The summed E-state index contributed by atoms with van der Waals surface area (Å²) in [5.41, 5.74) is 10.4. The Hall–Kier alpha value is -1.67. The van der Waals surface area contributed by atoms with E-state index in [0.717, 1.165) is 17.7 Å². The summed E-state index contributed by atoms with van der Waals surface area (Å²) < 4.78 is 0. The van der Waals surface area contributed by atoms with Crippen molar-refractivity contribution >= 4 is 18.0 Å². The highest BCUT2D eigenvalue weighted by Gasteiger charge is 2.25. The van der Waals surface area contributed by atoms with Gasteiger partial charge in [-0.25, -0.2) is 9.69 Å². The Labute approximate surface area is 111 Å². The number of rotatable bonds is 5. The number of hydrogen-bond donors (Lipinski definition) is 4. The maximum atomic E-state index is 10.6. The van der Waals surface area contributed by atoms with Crippen molar-refractivity contribution in [2.75, 3.05) is 13.1 Å². The van der Waals surface area contributed by atoms with E-state index in [9.17, 15) is 14.4 Å². The zero-order valence-corrected chi connectivity index (χ0v) is 10.7. The van der Waals surface area contributed by atoms with E-state index >= 15 is 0 Å². The van der Waals surface area contributed by atoms with E-state index in [1.165, 1.54) is 0 Å². The fourth-order valence-electron chi connectivity index (χ4n) is 1.48. The smallest absolute Gasteiger partial charge is 0.414 e. The molecule has 1 rings (SSSR count). The number of imide groups is 1. The Bertz CT molecular complexity index is 321. The van der Waals surface area contributed by atoms with Gasteiger partial charge < -0.3 is 21.7 Å². The number of carbonyl (C=O) groups excluding carboxylic acids is 1. The second kappa shape index (κ2) is 9.29. The van der Waals surface area contributed by atoms with Gasteiger partial charge in [-0.1, -0.05) is 6.42 Å². The molecule has 0 aromatic rings. The van der Waals surface area contributed by atoms with Crippen LogP contribution in [0.1, 0.15) is 32.1 Å². The van der Waals surface area contributed by atoms with Crippen molar-refractivity contribution in [3.8, 4) is 0 Å². The highest BCUT2D eigenvalue weighted by Crippen LogP contribution is 2.08. The van der Waals surface area contributed by atoms with Gasteiger partial charge in [0.25, 0.3) is 0 Å². The molecule has 1 saturated heterocycles. The molecule has 0 bridgehead atoms. The Morgan fingerprint density at radius 3 is 2.26 bits per heavy atom. The molecule has 0 aromatic carbocycles. The summed E-state index contributed by atoms with van der Waals surface area (Å²) in [5, 5.41) is 16.6. The Balaban J connectivity index is 0.000000342. The highest BCUT2D eigenvalue weighted by atomic mass is 16.4. The van der Waals surface area contributed by atoms with Crippen molar-refractivity contribution in [3.05, 3.63) is 0 Å². The molecular weight excluding hydrogens is 254 g/mol. The first-order valence-electron chi connectivity index (χ1n) is 6.12. The van der Waals surface area contributed by atoms with Crippen LogP contribution in [-0.2, 0) is 9.59 Å². The van der Waals surface area contributed by atoms with Crippen molar-refractivity contribution in [3.63, 3.8) is 0 Å². The van der Waals surface area contributed by atoms with Crippen molar-refractivity contribution < 1.29 is 24.6 Å². The van der Waals surface area contributed by atoms with Crippen LogP contribution < -0.4 is 11.5 Å². The maximum absolute atomic E-state index is 10.6. The molecule has 1 aliphatic heterocycles. The SMILES string of the molecule is NCCCC[C@H](N)C(=O)O.O=C(O)N1CCCC1=O. The van der Waals surface area contributed by atoms with E-state index in [4.69, 9.17) is 21.7 Å². The molecule has 8 heteroatoms. The van der Waals surface area contributed by atoms with Gasteiger partial charge in [-0.15, -0.1) is 0 Å². The van der Waals surface area contributed by atoms with Gasteiger partial charge in [0.15, 0.2) is 0 Å². The number of amides is 2. The van der Waals surface area contributed by atoms with Gasteiger partial charge in [-0.3, -0.25) is 9.59 Å². The zero-order chi connectivity index (χ0) is 14.8. The number of carboxylic acids is 1. The molecule has 0 saturated carbocycles. The standard InChI is InChI=1S/C6H14N2O2.C5H7NO3/c7-4-2-1-3-5(8)6(9)10;7-4-2-1-3-6(4)5(8)9/h5H,1-4,7-8H2,(H,9,10);1-3H2,(H,8,9)/t5-;/m0./s1. The normalized spacial score (nSPS) is 15.7. The number of nitrogens with zero attached hydrogens (tertiary/aromatic N) is 1. The van der Waals surface area contributed by atoms with Gasteiger partial charge in [-0.05, 0) is 25.8 Å².